The smallest absolute Gasteiger partial charge is 0.325 e. The van der Waals surface area contributed by atoms with Crippen LogP contribution in [0.15, 0.2) is 29.2 Å². The first-order valence-corrected chi connectivity index (χ1v) is 8.26. The quantitative estimate of drug-likeness (QED) is 0.664. The van der Waals surface area contributed by atoms with Crippen molar-refractivity contribution in [1.29, 1.82) is 0 Å². The minimum atomic E-state index is -4.64. The van der Waals surface area contributed by atoms with Gasteiger partial charge in [0.25, 0.3) is 0 Å². The van der Waals surface area contributed by atoms with Gasteiger partial charge in [0, 0.05) is 5.69 Å². The molecule has 0 heterocycles. The van der Waals surface area contributed by atoms with E-state index < -0.39 is 34.7 Å². The Hall–Kier alpha value is -1.36. The second kappa shape index (κ2) is 9.21. The zero-order valence-corrected chi connectivity index (χ0v) is 14.4. The van der Waals surface area contributed by atoms with E-state index in [-0.39, 0.29) is 17.3 Å². The number of carbonyl (C=O) groups excluding carboxylic acids is 1. The van der Waals surface area contributed by atoms with Gasteiger partial charge in [-0.2, -0.15) is 13.2 Å². The van der Waals surface area contributed by atoms with E-state index in [2.05, 4.69) is 5.32 Å². The third-order valence-corrected chi connectivity index (χ3v) is 4.25. The summed E-state index contributed by atoms with van der Waals surface area (Å²) in [6.07, 6.45) is -3.41. The number of nitrogens with one attached hydrogen (secondary N) is 2. The molecule has 0 saturated carbocycles. The van der Waals surface area contributed by atoms with Crippen molar-refractivity contribution in [2.75, 3.05) is 11.9 Å². The van der Waals surface area contributed by atoms with Crippen molar-refractivity contribution >= 4 is 34.0 Å². The molecule has 138 valence electrons. The lowest BCUT2D eigenvalue weighted by molar-refractivity contribution is -0.121. The van der Waals surface area contributed by atoms with Gasteiger partial charge in [0.15, 0.2) is 0 Å². The Bertz CT molecular complexity index is 636. The number of sulfonamides is 1. The summed E-state index contributed by atoms with van der Waals surface area (Å²) < 4.78 is 61.0. The minimum absolute atomic E-state index is 0. The number of nitrogens with two attached hydrogens (primary N) is 1. The SMILES string of the molecule is CCCC(N)C(=O)Nc1ccc(S(=O)(=O)NCC(F)(F)F)cc1.Cl. The Balaban J connectivity index is 0.00000529. The van der Waals surface area contributed by atoms with E-state index in [1.54, 1.807) is 0 Å². The van der Waals surface area contributed by atoms with Crippen LogP contribution >= 0.6 is 12.4 Å². The molecule has 0 aliphatic heterocycles. The van der Waals surface area contributed by atoms with E-state index in [4.69, 9.17) is 5.73 Å². The molecule has 4 N–H and O–H groups in total. The normalized spacial score (nSPS) is 13.0. The fourth-order valence-electron chi connectivity index (χ4n) is 1.65. The maximum absolute atomic E-state index is 12.1. The maximum atomic E-state index is 12.1. The van der Waals surface area contributed by atoms with Crippen LogP contribution in [0.2, 0.25) is 0 Å². The molecular formula is C13H19ClF3N3O3S. The van der Waals surface area contributed by atoms with Crippen LogP contribution in [0.3, 0.4) is 0 Å². The van der Waals surface area contributed by atoms with Gasteiger partial charge < -0.3 is 11.1 Å². The number of rotatable bonds is 7. The van der Waals surface area contributed by atoms with Crippen molar-refractivity contribution < 1.29 is 26.4 Å². The summed E-state index contributed by atoms with van der Waals surface area (Å²) in [5.41, 5.74) is 5.93. The van der Waals surface area contributed by atoms with E-state index in [0.29, 0.717) is 12.1 Å². The summed E-state index contributed by atoms with van der Waals surface area (Å²) in [5.74, 6) is -0.419. The summed E-state index contributed by atoms with van der Waals surface area (Å²) >= 11 is 0. The van der Waals surface area contributed by atoms with Gasteiger partial charge in [-0.3, -0.25) is 4.79 Å². The molecule has 11 heteroatoms. The molecular weight excluding hydrogens is 371 g/mol. The first kappa shape index (κ1) is 22.6. The summed E-state index contributed by atoms with van der Waals surface area (Å²) in [4.78, 5) is 11.4. The molecule has 0 spiro atoms. The molecule has 0 aromatic heterocycles. The zero-order chi connectivity index (χ0) is 17.7. The van der Waals surface area contributed by atoms with Gasteiger partial charge in [0.2, 0.25) is 15.9 Å². The van der Waals surface area contributed by atoms with Gasteiger partial charge in [0.1, 0.15) is 6.54 Å². The van der Waals surface area contributed by atoms with Crippen molar-refractivity contribution in [2.24, 2.45) is 5.73 Å². The number of hydrogen-bond donors (Lipinski definition) is 3. The Labute approximate surface area is 144 Å². The lowest BCUT2D eigenvalue weighted by atomic mass is 10.1. The van der Waals surface area contributed by atoms with Crippen molar-refractivity contribution in [3.8, 4) is 0 Å². The Morgan fingerprint density at radius 3 is 2.25 bits per heavy atom. The number of amides is 1. The van der Waals surface area contributed by atoms with E-state index in [1.807, 2.05) is 6.92 Å². The molecule has 1 unspecified atom stereocenters. The van der Waals surface area contributed by atoms with Crippen LogP contribution in [-0.4, -0.2) is 33.1 Å². The molecule has 24 heavy (non-hydrogen) atoms. The minimum Gasteiger partial charge on any atom is -0.325 e. The van der Waals surface area contributed by atoms with Gasteiger partial charge in [-0.05, 0) is 30.7 Å². The van der Waals surface area contributed by atoms with Crippen LogP contribution in [0.1, 0.15) is 19.8 Å². The fraction of sp³-hybridized carbons (Fsp3) is 0.462. The Morgan fingerprint density at radius 2 is 1.79 bits per heavy atom. The average molecular weight is 390 g/mol. The monoisotopic (exact) mass is 389 g/mol. The highest BCUT2D eigenvalue weighted by atomic mass is 35.5. The summed E-state index contributed by atoms with van der Waals surface area (Å²) in [6.45, 7) is 0.223. The number of carbonyl (C=O) groups is 1. The van der Waals surface area contributed by atoms with Gasteiger partial charge in [-0.25, -0.2) is 13.1 Å². The van der Waals surface area contributed by atoms with Gasteiger partial charge in [-0.15, -0.1) is 12.4 Å². The van der Waals surface area contributed by atoms with Gasteiger partial charge in [-0.1, -0.05) is 13.3 Å². The maximum Gasteiger partial charge on any atom is 0.402 e. The number of hydrogen-bond acceptors (Lipinski definition) is 4. The molecule has 0 aliphatic rings. The van der Waals surface area contributed by atoms with Crippen molar-refractivity contribution in [1.82, 2.24) is 4.72 Å². The molecule has 0 bridgehead atoms. The van der Waals surface area contributed by atoms with Crippen LogP contribution in [0.5, 0.6) is 0 Å². The molecule has 1 rings (SSSR count). The largest absolute Gasteiger partial charge is 0.402 e. The average Bonchev–Trinajstić information content (AvgIpc) is 2.45. The Kier molecular flexibility index (Phi) is 8.69. The highest BCUT2D eigenvalue weighted by molar-refractivity contribution is 7.89. The predicted molar refractivity (Wildman–Crippen MR) is 86.4 cm³/mol. The molecule has 1 amide bonds. The molecule has 0 saturated heterocycles. The van der Waals surface area contributed by atoms with Crippen molar-refractivity contribution in [2.45, 2.75) is 36.9 Å². The van der Waals surface area contributed by atoms with Gasteiger partial charge in [0.05, 0.1) is 10.9 Å². The third-order valence-electron chi connectivity index (χ3n) is 2.83. The molecule has 1 aromatic carbocycles. The van der Waals surface area contributed by atoms with Crippen molar-refractivity contribution in [3.05, 3.63) is 24.3 Å². The first-order chi connectivity index (χ1) is 10.5. The second-order valence-corrected chi connectivity index (χ2v) is 6.62. The fourth-order valence-corrected chi connectivity index (χ4v) is 2.67. The number of alkyl halides is 3. The number of halogens is 4. The van der Waals surface area contributed by atoms with E-state index in [9.17, 15) is 26.4 Å². The standard InChI is InChI=1S/C13H18F3N3O3S.ClH/c1-2-3-11(17)12(20)19-9-4-6-10(7-5-9)23(21,22)18-8-13(14,15)16;/h4-7,11,18H,2-3,8,17H2,1H3,(H,19,20);1H. The second-order valence-electron chi connectivity index (χ2n) is 4.85. The molecule has 1 atom stereocenters. The highest BCUT2D eigenvalue weighted by Crippen LogP contribution is 2.17. The van der Waals surface area contributed by atoms with E-state index in [0.717, 1.165) is 18.6 Å². The third kappa shape index (κ3) is 7.47. The Morgan fingerprint density at radius 1 is 1.25 bits per heavy atom. The summed E-state index contributed by atoms with van der Waals surface area (Å²) in [5, 5.41) is 2.50. The molecule has 0 radical (unpaired) electrons. The van der Waals surface area contributed by atoms with Crippen LogP contribution in [0, 0.1) is 0 Å². The molecule has 6 nitrogen and oxygen atoms in total. The molecule has 0 fully saturated rings. The van der Waals surface area contributed by atoms with E-state index in [1.165, 1.54) is 16.9 Å². The topological polar surface area (TPSA) is 101 Å². The van der Waals surface area contributed by atoms with Crippen LogP contribution in [0.4, 0.5) is 18.9 Å². The van der Waals surface area contributed by atoms with Crippen LogP contribution in [-0.2, 0) is 14.8 Å². The van der Waals surface area contributed by atoms with Gasteiger partial charge >= 0.3 is 6.18 Å². The zero-order valence-electron chi connectivity index (χ0n) is 12.8. The lowest BCUT2D eigenvalue weighted by Crippen LogP contribution is -2.35. The summed E-state index contributed by atoms with van der Waals surface area (Å²) in [6, 6.07) is 4.06. The molecule has 0 aliphatic carbocycles. The molecule has 1 aromatic rings. The number of anilines is 1. The predicted octanol–water partition coefficient (Wildman–Crippen LogP) is 2.01. The first-order valence-electron chi connectivity index (χ1n) is 6.78. The van der Waals surface area contributed by atoms with Crippen LogP contribution < -0.4 is 15.8 Å². The summed E-state index contributed by atoms with van der Waals surface area (Å²) in [7, 11) is -4.27. The number of benzene rings is 1. The van der Waals surface area contributed by atoms with Crippen molar-refractivity contribution in [3.63, 3.8) is 0 Å². The van der Waals surface area contributed by atoms with E-state index >= 15 is 0 Å². The highest BCUT2D eigenvalue weighted by Gasteiger charge is 2.30. The van der Waals surface area contributed by atoms with Crippen LogP contribution in [0.25, 0.3) is 0 Å². The lowest BCUT2D eigenvalue weighted by Gasteiger charge is -2.12.